The number of hydrogen-bond donors (Lipinski definition) is 15. The number of benzene rings is 5. The summed E-state index contributed by atoms with van der Waals surface area (Å²) in [5.41, 5.74) is 26.9. The number of amides is 10. The molecule has 0 saturated heterocycles. The van der Waals surface area contributed by atoms with E-state index in [-0.39, 0.29) is 206 Å². The number of fused-ring (bicyclic) bond motifs is 1. The van der Waals surface area contributed by atoms with Crippen molar-refractivity contribution in [3.63, 3.8) is 0 Å². The molecule has 0 radical (unpaired) electrons. The third-order valence-electron chi connectivity index (χ3n) is 21.0. The lowest BCUT2D eigenvalue weighted by molar-refractivity contribution is -0.128. The maximum Gasteiger partial charge on any atom is 0.408 e. The summed E-state index contributed by atoms with van der Waals surface area (Å²) in [7, 11) is 0. The van der Waals surface area contributed by atoms with Crippen LogP contribution in [0.3, 0.4) is 0 Å². The number of aromatic nitrogens is 1. The number of halogens is 4. The van der Waals surface area contributed by atoms with Gasteiger partial charge in [0, 0.05) is 170 Å². The van der Waals surface area contributed by atoms with Crippen LogP contribution in [0.5, 0.6) is 0 Å². The highest BCUT2D eigenvalue weighted by Gasteiger charge is 2.32. The molecule has 6 aromatic rings. The number of nitrogens with one attached hydrogen (secondary N) is 11. The predicted octanol–water partition coefficient (Wildman–Crippen LogP) is 8.91. The van der Waals surface area contributed by atoms with Gasteiger partial charge in [-0.1, -0.05) is 137 Å². The van der Waals surface area contributed by atoms with Crippen molar-refractivity contribution in [2.45, 2.75) is 198 Å². The number of ketones is 3. The number of H-pyrrole nitrogens is 1. The van der Waals surface area contributed by atoms with Crippen LogP contribution in [0.15, 0.2) is 127 Å². The molecule has 19 N–H and O–H groups in total. The summed E-state index contributed by atoms with van der Waals surface area (Å²) in [6.45, 7) is 0.0231. The molecule has 0 spiro atoms. The van der Waals surface area contributed by atoms with Gasteiger partial charge in [0.2, 0.25) is 35.4 Å². The molecule has 6 rings (SSSR count). The molecule has 0 aliphatic carbocycles. The van der Waals surface area contributed by atoms with E-state index in [0.29, 0.717) is 120 Å². The Kier molecular flexibility index (Phi) is 52.1. The minimum Gasteiger partial charge on any atom is -0.445 e. The molecule has 0 aliphatic rings. The molecule has 129 heavy (non-hydrogen) atoms. The first-order valence-electron chi connectivity index (χ1n) is 44.1. The van der Waals surface area contributed by atoms with Gasteiger partial charge in [0.1, 0.15) is 50.3 Å². The molecule has 0 fully saturated rings. The first kappa shape index (κ1) is 107. The number of Topliss-reactive ketones (excluding diaryl/α,β-unsaturated/α-hetero) is 3. The summed E-state index contributed by atoms with van der Waals surface area (Å²) >= 11 is 25.1. The fourth-order valence-corrected chi connectivity index (χ4v) is 14.4. The zero-order valence-corrected chi connectivity index (χ0v) is 76.2. The summed E-state index contributed by atoms with van der Waals surface area (Å²) in [6.07, 6.45) is 1.45. The largest absolute Gasteiger partial charge is 0.445 e. The molecule has 706 valence electrons. The lowest BCUT2D eigenvalue weighted by atomic mass is 10.0. The lowest BCUT2D eigenvalue weighted by Gasteiger charge is -2.35. The second-order valence-corrected chi connectivity index (χ2v) is 32.6. The van der Waals surface area contributed by atoms with Gasteiger partial charge in [-0.3, -0.25) is 48.1 Å². The van der Waals surface area contributed by atoms with E-state index in [1.54, 1.807) is 107 Å². The Morgan fingerprint density at radius 2 is 0.690 bits per heavy atom. The molecule has 1 heterocycles. The highest BCUT2D eigenvalue weighted by Crippen LogP contribution is 2.23. The van der Waals surface area contributed by atoms with Crippen molar-refractivity contribution in [1.82, 2.24) is 68.0 Å². The van der Waals surface area contributed by atoms with E-state index in [1.165, 1.54) is 0 Å². The van der Waals surface area contributed by atoms with Crippen molar-refractivity contribution in [1.29, 1.82) is 0 Å². The zero-order valence-electron chi connectivity index (χ0n) is 73.2. The SMILES string of the molecule is NCCCC[C@H](NC(=O)OCc1ccccc1Cl)C(=O)CCCNC(=O)CCN(CCC(=O)CCCNC(=O)[C@@H](CCCCN)NC(=O)OCc1ccccc1Cl)C[C@@H](C(=O)CCc1cc2ccccc2[nH]1)N(CCC(=O)NCCNC(=O)[C@H](CCCCN)NC(=O)OCc1ccccc1Cl)CCC(=O)NCCNC(=O)[C@H](CCCCN)NC(=O)OCc1ccccc1Cl. The second-order valence-electron chi connectivity index (χ2n) is 30.9. The fraction of sp³-hybridized carbons (Fsp3) is 0.505. The van der Waals surface area contributed by atoms with Gasteiger partial charge in [-0.2, -0.15) is 0 Å². The number of nitrogens with two attached hydrogens (primary N) is 4. The van der Waals surface area contributed by atoms with E-state index in [4.69, 9.17) is 88.3 Å². The van der Waals surface area contributed by atoms with Gasteiger partial charge in [-0.15, -0.1) is 0 Å². The number of aryl methyl sites for hydroxylation is 1. The van der Waals surface area contributed by atoms with Crippen LogP contribution >= 0.6 is 46.4 Å². The maximum atomic E-state index is 15.5. The number of carbonyl (C=O) groups is 13. The zero-order chi connectivity index (χ0) is 93.3. The van der Waals surface area contributed by atoms with Crippen molar-refractivity contribution in [3.8, 4) is 0 Å². The maximum absolute atomic E-state index is 15.5. The van der Waals surface area contributed by atoms with Gasteiger partial charge in [0.15, 0.2) is 11.6 Å². The summed E-state index contributed by atoms with van der Waals surface area (Å²) < 4.78 is 21.7. The van der Waals surface area contributed by atoms with E-state index >= 15 is 4.79 Å². The molecule has 0 aliphatic heterocycles. The normalized spacial score (nSPS) is 12.3. The van der Waals surface area contributed by atoms with Gasteiger partial charge < -0.3 is 105 Å². The van der Waals surface area contributed by atoms with Crippen LogP contribution in [0.1, 0.15) is 163 Å². The Morgan fingerprint density at radius 1 is 0.349 bits per heavy atom. The topological polar surface area (TPSA) is 505 Å². The molecule has 10 amide bonds. The number of nitrogens with zero attached hydrogens (tertiary/aromatic N) is 2. The van der Waals surface area contributed by atoms with Gasteiger partial charge in [-0.05, 0) is 164 Å². The second kappa shape index (κ2) is 62.7. The first-order chi connectivity index (χ1) is 62.4. The molecule has 38 heteroatoms. The van der Waals surface area contributed by atoms with Crippen molar-refractivity contribution in [2.75, 3.05) is 98.2 Å². The Labute approximate surface area is 773 Å². The smallest absolute Gasteiger partial charge is 0.408 e. The van der Waals surface area contributed by atoms with Crippen LogP contribution in [0, 0.1) is 0 Å². The fourth-order valence-electron chi connectivity index (χ4n) is 13.7. The average molecular weight is 1870 g/mol. The number of ether oxygens (including phenoxy) is 4. The Hall–Kier alpha value is -10.5. The van der Waals surface area contributed by atoms with Crippen LogP contribution in [-0.2, 0) is 94.9 Å². The standard InChI is InChI=1S/C91H127Cl4N17O17/c92-70-27-6-1-22-64(70)59-126-88(122)107-75(32-11-15-43-96)80(114)36-20-47-100-82(116)40-54-111(53-39-69(113)26-19-48-103-85(119)76(33-12-16-44-97)108-89(123)127-60-65-23-2-7-28-71(65)93)58-79(81(115)38-37-68-57-63-21-5-10-31-74(63)106-68)112(55-41-83(117)101-49-51-104-86(120)77(34-13-17-45-98)109-90(124)128-61-66-24-3-8-29-72(66)94)56-42-84(118)102-50-52-105-87(121)78(35-14-18-46-99)110-91(125)129-62-67-25-4-9-30-73(67)95/h1-10,21-25,27-31,57,75-79,106H,11-20,26,32-56,58-62,96-99H2,(H,100,116)(H,101,117)(H,102,118)(H,103,119)(H,104,120)(H,105,121)(H,107,122)(H,108,123)(H,109,124)(H,110,125)/t75-,76+,77-,78-,79-/m0/s1. The average Bonchev–Trinajstić information content (AvgIpc) is 1.66. The number of carbonyl (C=O) groups excluding carboxylic acids is 13. The Balaban J connectivity index is 1.24. The summed E-state index contributed by atoms with van der Waals surface area (Å²) in [4.78, 5) is 186. The number of hydrogen-bond acceptors (Lipinski definition) is 23. The summed E-state index contributed by atoms with van der Waals surface area (Å²) in [5, 5.41) is 29.9. The van der Waals surface area contributed by atoms with E-state index in [1.807, 2.05) is 30.3 Å². The number of para-hydroxylation sites is 1. The summed E-state index contributed by atoms with van der Waals surface area (Å²) in [6, 6.07) is 31.7. The molecule has 34 nitrogen and oxygen atoms in total. The van der Waals surface area contributed by atoms with Crippen LogP contribution in [0.2, 0.25) is 20.1 Å². The molecule has 5 atom stereocenters. The van der Waals surface area contributed by atoms with E-state index in [2.05, 4.69) is 58.2 Å². The highest BCUT2D eigenvalue weighted by atomic mass is 35.5. The Bertz CT molecular complexity index is 4250. The molecule has 5 aromatic carbocycles. The Morgan fingerprint density at radius 3 is 1.10 bits per heavy atom. The number of unbranched alkanes of at least 4 members (excludes halogenated alkanes) is 4. The van der Waals surface area contributed by atoms with Crippen molar-refractivity contribution in [3.05, 3.63) is 175 Å². The third-order valence-corrected chi connectivity index (χ3v) is 22.5. The van der Waals surface area contributed by atoms with E-state index in [0.717, 1.165) is 16.6 Å². The van der Waals surface area contributed by atoms with Crippen LogP contribution < -0.4 is 76.1 Å². The minimum absolute atomic E-state index is 0.0197. The van der Waals surface area contributed by atoms with Crippen LogP contribution in [0.25, 0.3) is 10.9 Å². The van der Waals surface area contributed by atoms with Gasteiger partial charge in [0.05, 0.1) is 12.1 Å². The minimum atomic E-state index is -1.15. The number of aromatic amines is 1. The van der Waals surface area contributed by atoms with Crippen LogP contribution in [0.4, 0.5) is 19.2 Å². The summed E-state index contributed by atoms with van der Waals surface area (Å²) in [5.74, 6) is -3.99. The van der Waals surface area contributed by atoms with Gasteiger partial charge in [0.25, 0.3) is 0 Å². The van der Waals surface area contributed by atoms with Crippen LogP contribution in [-0.4, -0.2) is 220 Å². The molecule has 0 unspecified atom stereocenters. The molecule has 0 bridgehead atoms. The van der Waals surface area contributed by atoms with Crippen molar-refractivity contribution in [2.24, 2.45) is 22.9 Å². The predicted molar refractivity (Wildman–Crippen MR) is 494 cm³/mol. The van der Waals surface area contributed by atoms with Gasteiger partial charge >= 0.3 is 24.4 Å². The number of alkyl carbamates (subject to hydrolysis) is 4. The van der Waals surface area contributed by atoms with Crippen molar-refractivity contribution >= 4 is 134 Å². The first-order valence-corrected chi connectivity index (χ1v) is 45.6. The monoisotopic (exact) mass is 1870 g/mol. The molecular weight excluding hydrogens is 1740 g/mol. The van der Waals surface area contributed by atoms with Crippen molar-refractivity contribution < 1.29 is 81.3 Å². The van der Waals surface area contributed by atoms with Gasteiger partial charge in [-0.25, -0.2) is 19.2 Å². The third kappa shape index (κ3) is 43.6. The lowest BCUT2D eigenvalue weighted by Crippen LogP contribution is -2.51. The molecule has 1 aromatic heterocycles. The van der Waals surface area contributed by atoms with E-state index < -0.39 is 90.0 Å². The molecule has 0 saturated carbocycles. The van der Waals surface area contributed by atoms with E-state index in [9.17, 15) is 57.5 Å². The molecular formula is C91H127Cl4N17O17. The quantitative estimate of drug-likeness (QED) is 0.0125. The number of rotatable bonds is 65. The highest BCUT2D eigenvalue weighted by molar-refractivity contribution is 6.32.